The smallest absolute Gasteiger partial charge is 0.159 e. The summed E-state index contributed by atoms with van der Waals surface area (Å²) >= 11 is -1.83. The Balaban J connectivity index is 2.74. The molecule has 0 radical (unpaired) electrons. The summed E-state index contributed by atoms with van der Waals surface area (Å²) in [4.78, 5) is 0. The van der Waals surface area contributed by atoms with Crippen molar-refractivity contribution < 1.29 is 13.3 Å². The standard InChI is InChI=1S/C5H7NO3S/c1-4-2-9-6-5(4)3-10(7)8/h2H,3H2,1H3,(H,7,8). The van der Waals surface area contributed by atoms with Crippen LogP contribution in [0, 0.1) is 6.92 Å². The van der Waals surface area contributed by atoms with Crippen molar-refractivity contribution in [2.75, 3.05) is 0 Å². The zero-order valence-electron chi connectivity index (χ0n) is 5.40. The van der Waals surface area contributed by atoms with Crippen LogP contribution in [0.5, 0.6) is 0 Å². The Hall–Kier alpha value is -0.680. The van der Waals surface area contributed by atoms with Gasteiger partial charge in [0.15, 0.2) is 11.1 Å². The largest absolute Gasteiger partial charge is 0.364 e. The lowest BCUT2D eigenvalue weighted by Gasteiger charge is -1.88. The Kier molecular flexibility index (Phi) is 2.18. The minimum Gasteiger partial charge on any atom is -0.364 e. The molecule has 0 aliphatic carbocycles. The van der Waals surface area contributed by atoms with Gasteiger partial charge in [-0.1, -0.05) is 5.16 Å². The molecule has 10 heavy (non-hydrogen) atoms. The van der Waals surface area contributed by atoms with Crippen molar-refractivity contribution in [3.8, 4) is 0 Å². The van der Waals surface area contributed by atoms with Crippen molar-refractivity contribution in [2.24, 2.45) is 0 Å². The van der Waals surface area contributed by atoms with E-state index in [4.69, 9.17) is 4.55 Å². The SMILES string of the molecule is Cc1conc1CS(=O)O. The van der Waals surface area contributed by atoms with E-state index in [1.54, 1.807) is 6.92 Å². The second-order valence-electron chi connectivity index (χ2n) is 1.91. The van der Waals surface area contributed by atoms with Gasteiger partial charge in [-0.25, -0.2) is 4.21 Å². The molecule has 0 amide bonds. The maximum absolute atomic E-state index is 10.2. The summed E-state index contributed by atoms with van der Waals surface area (Å²) in [6.45, 7) is 1.78. The van der Waals surface area contributed by atoms with E-state index in [1.807, 2.05) is 0 Å². The van der Waals surface area contributed by atoms with Gasteiger partial charge in [0.25, 0.3) is 0 Å². The Morgan fingerprint density at radius 1 is 1.90 bits per heavy atom. The molecule has 0 aliphatic rings. The number of hydrogen-bond donors (Lipinski definition) is 1. The number of nitrogens with zero attached hydrogens (tertiary/aromatic N) is 1. The summed E-state index contributed by atoms with van der Waals surface area (Å²) in [7, 11) is 0. The molecule has 0 aliphatic heterocycles. The fourth-order valence-corrected chi connectivity index (χ4v) is 1.08. The maximum Gasteiger partial charge on any atom is 0.159 e. The van der Waals surface area contributed by atoms with E-state index in [9.17, 15) is 4.21 Å². The monoisotopic (exact) mass is 161 g/mol. The topological polar surface area (TPSA) is 63.3 Å². The van der Waals surface area contributed by atoms with Gasteiger partial charge >= 0.3 is 0 Å². The first-order chi connectivity index (χ1) is 4.70. The van der Waals surface area contributed by atoms with E-state index in [0.717, 1.165) is 5.56 Å². The second-order valence-corrected chi connectivity index (χ2v) is 2.84. The summed E-state index contributed by atoms with van der Waals surface area (Å²) in [6, 6.07) is 0. The van der Waals surface area contributed by atoms with Crippen LogP contribution in [0.25, 0.3) is 0 Å². The average Bonchev–Trinajstić information content (AvgIpc) is 2.15. The number of hydrogen-bond acceptors (Lipinski definition) is 3. The first-order valence-electron chi connectivity index (χ1n) is 2.67. The predicted octanol–water partition coefficient (Wildman–Crippen LogP) is 0.705. The van der Waals surface area contributed by atoms with E-state index >= 15 is 0 Å². The van der Waals surface area contributed by atoms with Gasteiger partial charge in [0.2, 0.25) is 0 Å². The van der Waals surface area contributed by atoms with Crippen molar-refractivity contribution in [3.05, 3.63) is 17.5 Å². The van der Waals surface area contributed by atoms with Crippen LogP contribution in [0.1, 0.15) is 11.3 Å². The molecule has 0 aromatic carbocycles. The summed E-state index contributed by atoms with van der Waals surface area (Å²) in [5.74, 6) is 0.0440. The van der Waals surface area contributed by atoms with Crippen LogP contribution < -0.4 is 0 Å². The van der Waals surface area contributed by atoms with Gasteiger partial charge in [0.1, 0.15) is 12.0 Å². The van der Waals surface area contributed by atoms with Crippen LogP contribution in [0.15, 0.2) is 10.8 Å². The second kappa shape index (κ2) is 2.94. The highest BCUT2D eigenvalue weighted by Crippen LogP contribution is 2.05. The van der Waals surface area contributed by atoms with Gasteiger partial charge < -0.3 is 9.08 Å². The molecule has 1 N–H and O–H groups in total. The maximum atomic E-state index is 10.2. The highest BCUT2D eigenvalue weighted by Gasteiger charge is 2.04. The predicted molar refractivity (Wildman–Crippen MR) is 35.7 cm³/mol. The van der Waals surface area contributed by atoms with Crippen LogP contribution >= 0.6 is 0 Å². The molecule has 1 unspecified atom stereocenters. The summed E-state index contributed by atoms with van der Waals surface area (Å²) in [5, 5.41) is 3.53. The Bertz CT molecular complexity index is 245. The first kappa shape index (κ1) is 7.43. The van der Waals surface area contributed by atoms with Crippen molar-refractivity contribution in [3.63, 3.8) is 0 Å². The van der Waals surface area contributed by atoms with Crippen LogP contribution in [0.4, 0.5) is 0 Å². The minimum absolute atomic E-state index is 0.0440. The zero-order chi connectivity index (χ0) is 7.56. The minimum atomic E-state index is -1.83. The van der Waals surface area contributed by atoms with Crippen molar-refractivity contribution in [1.82, 2.24) is 5.16 Å². The number of aromatic nitrogens is 1. The lowest BCUT2D eigenvalue weighted by atomic mass is 10.3. The van der Waals surface area contributed by atoms with Crippen LogP contribution in [-0.2, 0) is 16.8 Å². The number of rotatable bonds is 2. The third-order valence-corrected chi connectivity index (χ3v) is 1.63. The molecule has 0 saturated carbocycles. The van der Waals surface area contributed by atoms with E-state index in [0.29, 0.717) is 5.69 Å². The molecule has 1 rings (SSSR count). The highest BCUT2D eigenvalue weighted by atomic mass is 32.2. The van der Waals surface area contributed by atoms with Crippen molar-refractivity contribution >= 4 is 11.1 Å². The van der Waals surface area contributed by atoms with Gasteiger partial charge in [0, 0.05) is 5.56 Å². The Labute approximate surface area is 60.5 Å². The van der Waals surface area contributed by atoms with Crippen molar-refractivity contribution in [2.45, 2.75) is 12.7 Å². The average molecular weight is 161 g/mol. The van der Waals surface area contributed by atoms with Crippen LogP contribution in [-0.4, -0.2) is 13.9 Å². The van der Waals surface area contributed by atoms with Crippen LogP contribution in [0.3, 0.4) is 0 Å². The highest BCUT2D eigenvalue weighted by molar-refractivity contribution is 7.78. The van der Waals surface area contributed by atoms with E-state index < -0.39 is 11.1 Å². The van der Waals surface area contributed by atoms with E-state index in [-0.39, 0.29) is 5.75 Å². The first-order valence-corrected chi connectivity index (χ1v) is 3.95. The third-order valence-electron chi connectivity index (χ3n) is 1.11. The lowest BCUT2D eigenvalue weighted by Crippen LogP contribution is -1.94. The molecule has 0 spiro atoms. The van der Waals surface area contributed by atoms with E-state index in [1.165, 1.54) is 6.26 Å². The van der Waals surface area contributed by atoms with Gasteiger partial charge in [-0.05, 0) is 6.92 Å². The normalized spacial score (nSPS) is 13.4. The molecular weight excluding hydrogens is 154 g/mol. The molecule has 1 heterocycles. The molecule has 4 nitrogen and oxygen atoms in total. The molecule has 1 atom stereocenters. The molecule has 0 saturated heterocycles. The lowest BCUT2D eigenvalue weighted by molar-refractivity contribution is 0.413. The quantitative estimate of drug-likeness (QED) is 0.648. The van der Waals surface area contributed by atoms with Gasteiger partial charge in [-0.2, -0.15) is 0 Å². The van der Waals surface area contributed by atoms with Crippen molar-refractivity contribution in [1.29, 1.82) is 0 Å². The molecule has 1 aromatic rings. The molecular formula is C5H7NO3S. The Morgan fingerprint density at radius 2 is 2.60 bits per heavy atom. The fraction of sp³-hybridized carbons (Fsp3) is 0.400. The molecule has 0 fully saturated rings. The zero-order valence-corrected chi connectivity index (χ0v) is 6.22. The van der Waals surface area contributed by atoms with Gasteiger partial charge in [0.05, 0.1) is 5.75 Å². The number of aryl methyl sites for hydroxylation is 1. The molecule has 56 valence electrons. The molecule has 5 heteroatoms. The fourth-order valence-electron chi connectivity index (χ4n) is 0.566. The van der Waals surface area contributed by atoms with Gasteiger partial charge in [-0.3, -0.25) is 0 Å². The summed E-state index contributed by atoms with van der Waals surface area (Å²) in [5.41, 5.74) is 1.35. The van der Waals surface area contributed by atoms with Crippen LogP contribution in [0.2, 0.25) is 0 Å². The molecule has 1 aromatic heterocycles. The third kappa shape index (κ3) is 1.65. The van der Waals surface area contributed by atoms with E-state index in [2.05, 4.69) is 9.68 Å². The molecule has 0 bridgehead atoms. The summed E-state index contributed by atoms with van der Waals surface area (Å²) < 4.78 is 23.2. The van der Waals surface area contributed by atoms with Gasteiger partial charge in [-0.15, -0.1) is 0 Å². The Morgan fingerprint density at radius 3 is 3.00 bits per heavy atom. The summed E-state index contributed by atoms with van der Waals surface area (Å²) in [6.07, 6.45) is 1.45.